The van der Waals surface area contributed by atoms with Gasteiger partial charge in [-0.05, 0) is 36.8 Å². The van der Waals surface area contributed by atoms with E-state index in [1.807, 2.05) is 31.2 Å². The Labute approximate surface area is 135 Å². The van der Waals surface area contributed by atoms with Crippen molar-refractivity contribution in [3.8, 4) is 5.75 Å². The van der Waals surface area contributed by atoms with E-state index in [2.05, 4.69) is 4.98 Å². The van der Waals surface area contributed by atoms with Gasteiger partial charge in [-0.2, -0.15) is 4.31 Å². The number of aryl methyl sites for hydroxylation is 1. The van der Waals surface area contributed by atoms with Crippen LogP contribution in [0.5, 0.6) is 5.75 Å². The van der Waals surface area contributed by atoms with Gasteiger partial charge in [-0.25, -0.2) is 13.4 Å². The molecule has 0 fully saturated rings. The maximum Gasteiger partial charge on any atom is 0.244 e. The van der Waals surface area contributed by atoms with Crippen LogP contribution in [0.2, 0.25) is 5.15 Å². The molecule has 0 unspecified atom stereocenters. The molecule has 0 bridgehead atoms. The van der Waals surface area contributed by atoms with Crippen molar-refractivity contribution >= 4 is 21.6 Å². The van der Waals surface area contributed by atoms with Gasteiger partial charge >= 0.3 is 0 Å². The fourth-order valence-corrected chi connectivity index (χ4v) is 3.02. The third-order valence-corrected chi connectivity index (χ3v) is 5.14. The zero-order valence-corrected chi connectivity index (χ0v) is 13.9. The smallest absolute Gasteiger partial charge is 0.244 e. The summed E-state index contributed by atoms with van der Waals surface area (Å²) in [6.45, 7) is 2.47. The highest BCUT2D eigenvalue weighted by atomic mass is 35.5. The standard InChI is InChI=1S/C15H17ClN2O3S/c1-12-4-3-5-13(10-12)21-9-8-18(2)22(19,20)14-6-7-15(16)17-11-14/h3-7,10-11H,8-9H2,1-2H3. The van der Waals surface area contributed by atoms with E-state index in [0.717, 1.165) is 11.3 Å². The molecule has 2 rings (SSSR count). The number of hydrogen-bond donors (Lipinski definition) is 0. The molecular formula is C15H17ClN2O3S. The molecule has 2 aromatic rings. The molecule has 0 N–H and O–H groups in total. The molecule has 0 amide bonds. The third-order valence-electron chi connectivity index (χ3n) is 3.07. The maximum absolute atomic E-state index is 12.3. The summed E-state index contributed by atoms with van der Waals surface area (Å²) < 4.78 is 31.4. The van der Waals surface area contributed by atoms with E-state index >= 15 is 0 Å². The fraction of sp³-hybridized carbons (Fsp3) is 0.267. The largest absolute Gasteiger partial charge is 0.492 e. The number of halogens is 1. The molecule has 0 aliphatic rings. The van der Waals surface area contributed by atoms with E-state index in [1.165, 1.54) is 29.7 Å². The van der Waals surface area contributed by atoms with E-state index in [4.69, 9.17) is 16.3 Å². The summed E-state index contributed by atoms with van der Waals surface area (Å²) >= 11 is 5.67. The summed E-state index contributed by atoms with van der Waals surface area (Å²) in [4.78, 5) is 3.90. The Kier molecular flexibility index (Phi) is 5.39. The second-order valence-electron chi connectivity index (χ2n) is 4.81. The van der Waals surface area contributed by atoms with Crippen molar-refractivity contribution in [2.75, 3.05) is 20.2 Å². The summed E-state index contributed by atoms with van der Waals surface area (Å²) in [7, 11) is -2.08. The molecule has 1 aromatic carbocycles. The summed E-state index contributed by atoms with van der Waals surface area (Å²) in [5.41, 5.74) is 1.09. The monoisotopic (exact) mass is 340 g/mol. The number of ether oxygens (including phenoxy) is 1. The number of nitrogens with zero attached hydrogens (tertiary/aromatic N) is 2. The molecule has 1 aromatic heterocycles. The van der Waals surface area contributed by atoms with Crippen molar-refractivity contribution in [1.82, 2.24) is 9.29 Å². The van der Waals surface area contributed by atoms with Crippen LogP contribution in [0, 0.1) is 6.92 Å². The Hall–Kier alpha value is -1.63. The molecule has 0 atom stereocenters. The Morgan fingerprint density at radius 3 is 2.68 bits per heavy atom. The second kappa shape index (κ2) is 7.09. The predicted molar refractivity (Wildman–Crippen MR) is 85.7 cm³/mol. The summed E-state index contributed by atoms with van der Waals surface area (Å²) in [5.74, 6) is 0.721. The molecule has 0 saturated heterocycles. The third kappa shape index (κ3) is 4.19. The summed E-state index contributed by atoms with van der Waals surface area (Å²) in [6.07, 6.45) is 1.25. The van der Waals surface area contributed by atoms with Gasteiger partial charge in [-0.3, -0.25) is 0 Å². The lowest BCUT2D eigenvalue weighted by Crippen LogP contribution is -2.31. The van der Waals surface area contributed by atoms with Crippen LogP contribution >= 0.6 is 11.6 Å². The quantitative estimate of drug-likeness (QED) is 0.759. The highest BCUT2D eigenvalue weighted by Gasteiger charge is 2.20. The molecular weight excluding hydrogens is 324 g/mol. The van der Waals surface area contributed by atoms with Crippen LogP contribution in [0.1, 0.15) is 5.56 Å². The summed E-state index contributed by atoms with van der Waals surface area (Å²) in [5, 5.41) is 0.254. The normalized spacial score (nSPS) is 11.6. The minimum atomic E-state index is -3.59. The molecule has 1 heterocycles. The summed E-state index contributed by atoms with van der Waals surface area (Å²) in [6, 6.07) is 10.5. The van der Waals surface area contributed by atoms with Crippen molar-refractivity contribution < 1.29 is 13.2 Å². The van der Waals surface area contributed by atoms with Crippen molar-refractivity contribution in [3.05, 3.63) is 53.3 Å². The molecule has 0 aliphatic heterocycles. The van der Waals surface area contributed by atoms with Gasteiger partial charge in [-0.1, -0.05) is 23.7 Å². The number of sulfonamides is 1. The van der Waals surface area contributed by atoms with Crippen molar-refractivity contribution in [1.29, 1.82) is 0 Å². The first-order valence-corrected chi connectivity index (χ1v) is 8.49. The van der Waals surface area contributed by atoms with Crippen molar-refractivity contribution in [2.45, 2.75) is 11.8 Å². The first-order chi connectivity index (χ1) is 10.4. The van der Waals surface area contributed by atoms with Gasteiger partial charge in [-0.15, -0.1) is 0 Å². The highest BCUT2D eigenvalue weighted by molar-refractivity contribution is 7.89. The Bertz CT molecular complexity index is 733. The highest BCUT2D eigenvalue weighted by Crippen LogP contribution is 2.16. The molecule has 0 radical (unpaired) electrons. The van der Waals surface area contributed by atoms with E-state index in [1.54, 1.807) is 0 Å². The lowest BCUT2D eigenvalue weighted by Gasteiger charge is -2.17. The Balaban J connectivity index is 1.96. The van der Waals surface area contributed by atoms with Crippen LogP contribution in [0.3, 0.4) is 0 Å². The number of benzene rings is 1. The average Bonchev–Trinajstić information content (AvgIpc) is 2.47. The average molecular weight is 341 g/mol. The van der Waals surface area contributed by atoms with Crippen LogP contribution in [0.4, 0.5) is 0 Å². The van der Waals surface area contributed by atoms with Gasteiger partial charge in [0.1, 0.15) is 22.4 Å². The van der Waals surface area contributed by atoms with Crippen LogP contribution < -0.4 is 4.74 Å². The van der Waals surface area contributed by atoms with Gasteiger partial charge in [0.2, 0.25) is 10.0 Å². The molecule has 22 heavy (non-hydrogen) atoms. The minimum Gasteiger partial charge on any atom is -0.492 e. The van der Waals surface area contributed by atoms with Gasteiger partial charge in [0.05, 0.1) is 0 Å². The maximum atomic E-state index is 12.3. The van der Waals surface area contributed by atoms with Crippen LogP contribution in [0.25, 0.3) is 0 Å². The second-order valence-corrected chi connectivity index (χ2v) is 7.24. The predicted octanol–water partition coefficient (Wildman–Crippen LogP) is 2.74. The zero-order valence-electron chi connectivity index (χ0n) is 12.4. The number of aromatic nitrogens is 1. The van der Waals surface area contributed by atoms with Crippen LogP contribution in [-0.2, 0) is 10.0 Å². The Morgan fingerprint density at radius 2 is 2.05 bits per heavy atom. The number of pyridine rings is 1. The number of rotatable bonds is 6. The molecule has 0 spiro atoms. The molecule has 7 heteroatoms. The first-order valence-electron chi connectivity index (χ1n) is 6.67. The van der Waals surface area contributed by atoms with Crippen molar-refractivity contribution in [3.63, 3.8) is 0 Å². The van der Waals surface area contributed by atoms with Gasteiger partial charge in [0, 0.05) is 19.8 Å². The van der Waals surface area contributed by atoms with E-state index in [0.29, 0.717) is 0 Å². The van der Waals surface area contributed by atoms with Gasteiger partial charge < -0.3 is 4.74 Å². The van der Waals surface area contributed by atoms with Crippen LogP contribution in [0.15, 0.2) is 47.5 Å². The molecule has 5 nitrogen and oxygen atoms in total. The zero-order chi connectivity index (χ0) is 16.2. The lowest BCUT2D eigenvalue weighted by atomic mass is 10.2. The van der Waals surface area contributed by atoms with Crippen LogP contribution in [-0.4, -0.2) is 37.9 Å². The Morgan fingerprint density at radius 1 is 1.27 bits per heavy atom. The lowest BCUT2D eigenvalue weighted by molar-refractivity contribution is 0.286. The van der Waals surface area contributed by atoms with E-state index in [-0.39, 0.29) is 23.2 Å². The van der Waals surface area contributed by atoms with Gasteiger partial charge in [0.25, 0.3) is 0 Å². The molecule has 0 aliphatic carbocycles. The van der Waals surface area contributed by atoms with Gasteiger partial charge in [0.15, 0.2) is 0 Å². The number of likely N-dealkylation sites (N-methyl/N-ethyl adjacent to an activating group) is 1. The SMILES string of the molecule is Cc1cccc(OCCN(C)S(=O)(=O)c2ccc(Cl)nc2)c1. The molecule has 0 saturated carbocycles. The molecule has 118 valence electrons. The van der Waals surface area contributed by atoms with Crippen molar-refractivity contribution in [2.24, 2.45) is 0 Å². The number of hydrogen-bond acceptors (Lipinski definition) is 4. The van der Waals surface area contributed by atoms with E-state index < -0.39 is 10.0 Å². The topological polar surface area (TPSA) is 59.5 Å². The van der Waals surface area contributed by atoms with E-state index in [9.17, 15) is 8.42 Å². The fourth-order valence-electron chi connectivity index (χ4n) is 1.81. The minimum absolute atomic E-state index is 0.106. The first kappa shape index (κ1) is 16.7.